The van der Waals surface area contributed by atoms with Gasteiger partial charge < -0.3 is 4.90 Å². The highest BCUT2D eigenvalue weighted by molar-refractivity contribution is 7.18. The zero-order valence-electron chi connectivity index (χ0n) is 11.9. The van der Waals surface area contributed by atoms with Crippen molar-refractivity contribution < 1.29 is 0 Å². The molecule has 0 amide bonds. The molecule has 21 heavy (non-hydrogen) atoms. The summed E-state index contributed by atoms with van der Waals surface area (Å²) in [5, 5.41) is 10.5. The SMILES string of the molecule is CN(CCc1ccccc1)c1nnc(-c2ccccc2)s1. The van der Waals surface area contributed by atoms with Gasteiger partial charge in [-0.1, -0.05) is 72.0 Å². The van der Waals surface area contributed by atoms with Crippen molar-refractivity contribution >= 4 is 16.5 Å². The first-order valence-electron chi connectivity index (χ1n) is 6.97. The van der Waals surface area contributed by atoms with Crippen LogP contribution in [0.3, 0.4) is 0 Å². The van der Waals surface area contributed by atoms with E-state index in [1.54, 1.807) is 11.3 Å². The van der Waals surface area contributed by atoms with Crippen molar-refractivity contribution in [1.29, 1.82) is 0 Å². The van der Waals surface area contributed by atoms with Crippen LogP contribution in [0.4, 0.5) is 5.13 Å². The smallest absolute Gasteiger partial charge is 0.208 e. The van der Waals surface area contributed by atoms with Gasteiger partial charge in [0.15, 0.2) is 0 Å². The highest BCUT2D eigenvalue weighted by Gasteiger charge is 2.10. The molecule has 0 spiro atoms. The summed E-state index contributed by atoms with van der Waals surface area (Å²) in [7, 11) is 2.07. The van der Waals surface area contributed by atoms with Crippen molar-refractivity contribution in [2.24, 2.45) is 0 Å². The van der Waals surface area contributed by atoms with E-state index in [9.17, 15) is 0 Å². The van der Waals surface area contributed by atoms with Crippen LogP contribution in [0.5, 0.6) is 0 Å². The molecular weight excluding hydrogens is 278 g/mol. The number of hydrogen-bond donors (Lipinski definition) is 0. The van der Waals surface area contributed by atoms with E-state index in [1.165, 1.54) is 5.56 Å². The van der Waals surface area contributed by atoms with Gasteiger partial charge >= 0.3 is 0 Å². The topological polar surface area (TPSA) is 29.0 Å². The Hall–Kier alpha value is -2.20. The van der Waals surface area contributed by atoms with Crippen LogP contribution in [0.15, 0.2) is 60.7 Å². The standard InChI is InChI=1S/C17H17N3S/c1-20(13-12-14-8-4-2-5-9-14)17-19-18-16(21-17)15-10-6-3-7-11-15/h2-11H,12-13H2,1H3. The van der Waals surface area contributed by atoms with Gasteiger partial charge in [-0.05, 0) is 12.0 Å². The van der Waals surface area contributed by atoms with Gasteiger partial charge in [-0.2, -0.15) is 0 Å². The van der Waals surface area contributed by atoms with Crippen molar-refractivity contribution in [3.63, 3.8) is 0 Å². The molecule has 1 heterocycles. The van der Waals surface area contributed by atoms with Crippen LogP contribution >= 0.6 is 11.3 Å². The van der Waals surface area contributed by atoms with E-state index in [0.29, 0.717) is 0 Å². The van der Waals surface area contributed by atoms with Gasteiger partial charge in [-0.25, -0.2) is 0 Å². The molecule has 2 aromatic carbocycles. The van der Waals surface area contributed by atoms with Crippen LogP contribution in [0.1, 0.15) is 5.56 Å². The van der Waals surface area contributed by atoms with E-state index in [4.69, 9.17) is 0 Å². The van der Waals surface area contributed by atoms with Gasteiger partial charge in [-0.15, -0.1) is 10.2 Å². The third-order valence-electron chi connectivity index (χ3n) is 3.34. The summed E-state index contributed by atoms with van der Waals surface area (Å²) in [5.41, 5.74) is 2.47. The van der Waals surface area contributed by atoms with Gasteiger partial charge in [0.1, 0.15) is 5.01 Å². The fraction of sp³-hybridized carbons (Fsp3) is 0.176. The van der Waals surface area contributed by atoms with Crippen molar-refractivity contribution in [3.05, 3.63) is 66.2 Å². The fourth-order valence-corrected chi connectivity index (χ4v) is 2.94. The zero-order valence-corrected chi connectivity index (χ0v) is 12.8. The first kappa shape index (κ1) is 13.8. The van der Waals surface area contributed by atoms with E-state index < -0.39 is 0 Å². The van der Waals surface area contributed by atoms with Crippen LogP contribution in [0.25, 0.3) is 10.6 Å². The molecule has 3 rings (SSSR count). The summed E-state index contributed by atoms with van der Waals surface area (Å²) in [5.74, 6) is 0. The quantitative estimate of drug-likeness (QED) is 0.715. The first-order valence-corrected chi connectivity index (χ1v) is 7.78. The summed E-state index contributed by atoms with van der Waals surface area (Å²) >= 11 is 1.63. The summed E-state index contributed by atoms with van der Waals surface area (Å²) in [6, 6.07) is 20.7. The lowest BCUT2D eigenvalue weighted by atomic mass is 10.1. The number of aromatic nitrogens is 2. The van der Waals surface area contributed by atoms with E-state index in [1.807, 2.05) is 24.3 Å². The van der Waals surface area contributed by atoms with Crippen LogP contribution < -0.4 is 4.90 Å². The third kappa shape index (κ3) is 3.47. The van der Waals surface area contributed by atoms with Crippen LogP contribution in [0.2, 0.25) is 0 Å². The van der Waals surface area contributed by atoms with Gasteiger partial charge in [-0.3, -0.25) is 0 Å². The Morgan fingerprint density at radius 1 is 0.905 bits per heavy atom. The van der Waals surface area contributed by atoms with E-state index in [-0.39, 0.29) is 0 Å². The Morgan fingerprint density at radius 3 is 2.29 bits per heavy atom. The lowest BCUT2D eigenvalue weighted by Gasteiger charge is -2.14. The molecule has 1 aromatic heterocycles. The summed E-state index contributed by atoms with van der Waals surface area (Å²) in [6.07, 6.45) is 1.01. The Morgan fingerprint density at radius 2 is 1.57 bits per heavy atom. The molecule has 0 saturated carbocycles. The Balaban J connectivity index is 1.66. The second kappa shape index (κ2) is 6.50. The van der Waals surface area contributed by atoms with Gasteiger partial charge in [0.05, 0.1) is 0 Å². The molecule has 4 heteroatoms. The molecule has 0 saturated heterocycles. The maximum Gasteiger partial charge on any atom is 0.208 e. The van der Waals surface area contributed by atoms with Crippen molar-refractivity contribution in [3.8, 4) is 10.6 Å². The normalized spacial score (nSPS) is 10.5. The molecule has 3 nitrogen and oxygen atoms in total. The number of rotatable bonds is 5. The molecule has 0 radical (unpaired) electrons. The molecule has 0 fully saturated rings. The highest BCUT2D eigenvalue weighted by Crippen LogP contribution is 2.27. The van der Waals surface area contributed by atoms with Crippen molar-refractivity contribution in [1.82, 2.24) is 10.2 Å². The largest absolute Gasteiger partial charge is 0.349 e. The van der Waals surface area contributed by atoms with Crippen LogP contribution in [-0.4, -0.2) is 23.8 Å². The third-order valence-corrected chi connectivity index (χ3v) is 4.43. The van der Waals surface area contributed by atoms with E-state index in [0.717, 1.165) is 28.7 Å². The molecule has 0 aliphatic carbocycles. The molecular formula is C17H17N3S. The number of nitrogens with zero attached hydrogens (tertiary/aromatic N) is 3. The lowest BCUT2D eigenvalue weighted by Crippen LogP contribution is -2.20. The number of anilines is 1. The second-order valence-electron chi connectivity index (χ2n) is 4.91. The number of hydrogen-bond acceptors (Lipinski definition) is 4. The number of benzene rings is 2. The van der Waals surface area contributed by atoms with Gasteiger partial charge in [0.2, 0.25) is 5.13 Å². The zero-order chi connectivity index (χ0) is 14.5. The molecule has 0 unspecified atom stereocenters. The van der Waals surface area contributed by atoms with Crippen LogP contribution in [0, 0.1) is 0 Å². The maximum absolute atomic E-state index is 4.30. The molecule has 0 N–H and O–H groups in total. The minimum Gasteiger partial charge on any atom is -0.349 e. The minimum atomic E-state index is 0.938. The monoisotopic (exact) mass is 295 g/mol. The van der Waals surface area contributed by atoms with E-state index >= 15 is 0 Å². The second-order valence-corrected chi connectivity index (χ2v) is 5.87. The Kier molecular flexibility index (Phi) is 4.26. The summed E-state index contributed by atoms with van der Waals surface area (Å²) < 4.78 is 0. The maximum atomic E-state index is 4.30. The van der Waals surface area contributed by atoms with Gasteiger partial charge in [0.25, 0.3) is 0 Å². The summed E-state index contributed by atoms with van der Waals surface area (Å²) in [6.45, 7) is 0.938. The van der Waals surface area contributed by atoms with Gasteiger partial charge in [0, 0.05) is 19.2 Å². The molecule has 0 atom stereocenters. The first-order chi connectivity index (χ1) is 10.3. The Bertz CT molecular complexity index is 680. The lowest BCUT2D eigenvalue weighted by molar-refractivity contribution is 0.859. The van der Waals surface area contributed by atoms with Crippen molar-refractivity contribution in [2.45, 2.75) is 6.42 Å². The minimum absolute atomic E-state index is 0.938. The molecule has 3 aromatic rings. The predicted molar refractivity (Wildman–Crippen MR) is 88.8 cm³/mol. The molecule has 0 aliphatic heterocycles. The predicted octanol–water partition coefficient (Wildman–Crippen LogP) is 3.88. The molecule has 0 bridgehead atoms. The van der Waals surface area contributed by atoms with Crippen LogP contribution in [-0.2, 0) is 6.42 Å². The number of likely N-dealkylation sites (N-methyl/N-ethyl adjacent to an activating group) is 1. The molecule has 106 valence electrons. The fourth-order valence-electron chi connectivity index (χ4n) is 2.10. The Labute approximate surface area is 128 Å². The molecule has 0 aliphatic rings. The average Bonchev–Trinajstić information content (AvgIpc) is 3.04. The van der Waals surface area contributed by atoms with E-state index in [2.05, 4.69) is 58.5 Å². The highest BCUT2D eigenvalue weighted by atomic mass is 32.1. The van der Waals surface area contributed by atoms with Crippen molar-refractivity contribution in [2.75, 3.05) is 18.5 Å². The average molecular weight is 295 g/mol. The summed E-state index contributed by atoms with van der Waals surface area (Å²) in [4.78, 5) is 2.16.